The molecule has 0 aliphatic heterocycles. The second-order valence-corrected chi connectivity index (χ2v) is 3.20. The third-order valence-corrected chi connectivity index (χ3v) is 2.01. The molecule has 1 aromatic carbocycles. The van der Waals surface area contributed by atoms with Gasteiger partial charge in [0.15, 0.2) is 11.6 Å². The van der Waals surface area contributed by atoms with Crippen molar-refractivity contribution in [2.24, 2.45) is 0 Å². The molecule has 0 saturated carbocycles. The molecule has 0 spiro atoms. The van der Waals surface area contributed by atoms with Gasteiger partial charge in [0.25, 0.3) is 0 Å². The molecule has 82 valence electrons. The minimum Gasteiger partial charge on any atom is -0.384 e. The molecule has 1 aromatic heterocycles. The molecule has 3 nitrogen and oxygen atoms in total. The minimum atomic E-state index is -0.919. The number of nitrogens with two attached hydrogens (primary N) is 1. The van der Waals surface area contributed by atoms with Gasteiger partial charge in [-0.1, -0.05) is 6.07 Å². The number of nitrogens with zero attached hydrogens (tertiary/aromatic N) is 1. The molecule has 0 amide bonds. The first-order valence-electron chi connectivity index (χ1n) is 4.59. The number of hydrogen-bond acceptors (Lipinski definition) is 3. The lowest BCUT2D eigenvalue weighted by Gasteiger charge is -2.07. The molecule has 0 saturated heterocycles. The van der Waals surface area contributed by atoms with E-state index in [0.717, 1.165) is 6.07 Å². The summed E-state index contributed by atoms with van der Waals surface area (Å²) < 4.78 is 26.2. The van der Waals surface area contributed by atoms with E-state index in [4.69, 9.17) is 5.73 Å². The van der Waals surface area contributed by atoms with Crippen LogP contribution in [0.25, 0.3) is 0 Å². The smallest absolute Gasteiger partial charge is 0.182 e. The number of aromatic nitrogens is 1. The summed E-state index contributed by atoms with van der Waals surface area (Å²) in [6.07, 6.45) is 1.48. The highest BCUT2D eigenvalue weighted by Gasteiger charge is 2.07. The van der Waals surface area contributed by atoms with Crippen LogP contribution in [0.4, 0.5) is 26.0 Å². The maximum atomic E-state index is 13.3. The van der Waals surface area contributed by atoms with Gasteiger partial charge in [-0.05, 0) is 18.2 Å². The summed E-state index contributed by atoms with van der Waals surface area (Å²) in [5, 5.41) is 2.72. The lowest BCUT2D eigenvalue weighted by molar-refractivity contribution is 0.512. The van der Waals surface area contributed by atoms with E-state index in [2.05, 4.69) is 10.3 Å². The van der Waals surface area contributed by atoms with E-state index in [9.17, 15) is 8.78 Å². The Morgan fingerprint density at radius 1 is 1.19 bits per heavy atom. The fourth-order valence-corrected chi connectivity index (χ4v) is 1.28. The van der Waals surface area contributed by atoms with Crippen molar-refractivity contribution in [1.82, 2.24) is 4.98 Å². The summed E-state index contributed by atoms with van der Waals surface area (Å²) in [6, 6.07) is 7.06. The maximum Gasteiger partial charge on any atom is 0.182 e. The zero-order valence-electron chi connectivity index (χ0n) is 8.24. The van der Waals surface area contributed by atoms with Crippen molar-refractivity contribution < 1.29 is 8.78 Å². The van der Waals surface area contributed by atoms with Gasteiger partial charge < -0.3 is 11.1 Å². The first-order valence-corrected chi connectivity index (χ1v) is 4.59. The highest BCUT2D eigenvalue weighted by Crippen LogP contribution is 2.21. The van der Waals surface area contributed by atoms with E-state index in [1.54, 1.807) is 6.07 Å². The van der Waals surface area contributed by atoms with Crippen LogP contribution in [0.2, 0.25) is 0 Å². The van der Waals surface area contributed by atoms with Gasteiger partial charge in [-0.25, -0.2) is 13.8 Å². The second kappa shape index (κ2) is 4.14. The Bertz CT molecular complexity index is 514. The van der Waals surface area contributed by atoms with Gasteiger partial charge in [0.05, 0.1) is 5.69 Å². The molecule has 0 unspecified atom stereocenters. The van der Waals surface area contributed by atoms with Crippen LogP contribution in [0.1, 0.15) is 0 Å². The average Bonchev–Trinajstić information content (AvgIpc) is 2.25. The Kier molecular flexibility index (Phi) is 2.68. The fraction of sp³-hybridized carbons (Fsp3) is 0. The van der Waals surface area contributed by atoms with Gasteiger partial charge in [0.1, 0.15) is 5.82 Å². The van der Waals surface area contributed by atoms with Crippen LogP contribution in [-0.4, -0.2) is 4.98 Å². The highest BCUT2D eigenvalue weighted by atomic mass is 19.2. The van der Waals surface area contributed by atoms with Crippen molar-refractivity contribution in [3.05, 3.63) is 48.2 Å². The summed E-state index contributed by atoms with van der Waals surface area (Å²) in [4.78, 5) is 3.79. The van der Waals surface area contributed by atoms with Gasteiger partial charge in [-0.2, -0.15) is 0 Å². The van der Waals surface area contributed by atoms with E-state index in [1.165, 1.54) is 24.4 Å². The number of pyridine rings is 1. The monoisotopic (exact) mass is 221 g/mol. The third-order valence-electron chi connectivity index (χ3n) is 2.01. The number of hydrogen-bond donors (Lipinski definition) is 2. The predicted octanol–water partition coefficient (Wildman–Crippen LogP) is 2.69. The molecule has 1 heterocycles. The number of halogens is 2. The molecule has 2 aromatic rings. The first-order chi connectivity index (χ1) is 7.66. The third kappa shape index (κ3) is 2.08. The topological polar surface area (TPSA) is 50.9 Å². The van der Waals surface area contributed by atoms with Crippen molar-refractivity contribution in [3.8, 4) is 0 Å². The summed E-state index contributed by atoms with van der Waals surface area (Å²) in [7, 11) is 0. The largest absolute Gasteiger partial charge is 0.384 e. The van der Waals surface area contributed by atoms with Crippen LogP contribution in [0, 0.1) is 11.6 Å². The molecular weight excluding hydrogens is 212 g/mol. The Morgan fingerprint density at radius 3 is 2.75 bits per heavy atom. The van der Waals surface area contributed by atoms with Crippen LogP contribution < -0.4 is 11.1 Å². The fourth-order valence-electron chi connectivity index (χ4n) is 1.28. The maximum absolute atomic E-state index is 13.3. The molecule has 5 heteroatoms. The average molecular weight is 221 g/mol. The van der Waals surface area contributed by atoms with E-state index in [1.807, 2.05) is 0 Å². The van der Waals surface area contributed by atoms with Crippen molar-refractivity contribution >= 4 is 17.2 Å². The second-order valence-electron chi connectivity index (χ2n) is 3.20. The van der Waals surface area contributed by atoms with Crippen molar-refractivity contribution in [2.75, 3.05) is 11.1 Å². The Morgan fingerprint density at radius 2 is 2.00 bits per heavy atom. The summed E-state index contributed by atoms with van der Waals surface area (Å²) in [6.45, 7) is 0. The van der Waals surface area contributed by atoms with Gasteiger partial charge in [0.2, 0.25) is 0 Å². The summed E-state index contributed by atoms with van der Waals surface area (Å²) in [5.74, 6) is -1.51. The highest BCUT2D eigenvalue weighted by molar-refractivity contribution is 5.62. The van der Waals surface area contributed by atoms with Crippen molar-refractivity contribution in [3.63, 3.8) is 0 Å². The van der Waals surface area contributed by atoms with Crippen LogP contribution in [0.3, 0.4) is 0 Å². The lowest BCUT2D eigenvalue weighted by Crippen LogP contribution is -1.97. The van der Waals surface area contributed by atoms with Crippen LogP contribution in [-0.2, 0) is 0 Å². The van der Waals surface area contributed by atoms with E-state index in [-0.39, 0.29) is 5.69 Å². The molecule has 3 N–H and O–H groups in total. The standard InChI is InChI=1S/C11H9F2N3/c12-8-2-1-3-9(11(8)13)16-7-4-5-15-10(14)6-7/h1-6H,(H3,14,15,16). The number of benzene rings is 1. The lowest BCUT2D eigenvalue weighted by atomic mass is 10.2. The molecule has 0 atom stereocenters. The zero-order valence-corrected chi connectivity index (χ0v) is 8.24. The minimum absolute atomic E-state index is 0.0607. The number of nitrogen functional groups attached to an aromatic ring is 1. The molecule has 0 bridgehead atoms. The molecule has 2 rings (SSSR count). The molecule has 0 aliphatic rings. The number of rotatable bonds is 2. The van der Waals surface area contributed by atoms with Gasteiger partial charge in [-0.3, -0.25) is 0 Å². The number of anilines is 3. The van der Waals surface area contributed by atoms with E-state index < -0.39 is 11.6 Å². The van der Waals surface area contributed by atoms with Crippen LogP contribution in [0.15, 0.2) is 36.5 Å². The Labute approximate surface area is 90.9 Å². The summed E-state index contributed by atoms with van der Waals surface area (Å²) in [5.41, 5.74) is 6.07. The van der Waals surface area contributed by atoms with E-state index >= 15 is 0 Å². The molecule has 0 fully saturated rings. The normalized spacial score (nSPS) is 10.1. The molecule has 0 radical (unpaired) electrons. The molecule has 16 heavy (non-hydrogen) atoms. The van der Waals surface area contributed by atoms with Crippen molar-refractivity contribution in [1.29, 1.82) is 0 Å². The molecule has 0 aliphatic carbocycles. The Hall–Kier alpha value is -2.17. The van der Waals surface area contributed by atoms with Gasteiger partial charge in [-0.15, -0.1) is 0 Å². The predicted molar refractivity (Wildman–Crippen MR) is 58.3 cm³/mol. The van der Waals surface area contributed by atoms with Gasteiger partial charge in [0, 0.05) is 18.0 Å². The van der Waals surface area contributed by atoms with Crippen molar-refractivity contribution in [2.45, 2.75) is 0 Å². The summed E-state index contributed by atoms with van der Waals surface area (Å²) >= 11 is 0. The van der Waals surface area contributed by atoms with Crippen LogP contribution in [0.5, 0.6) is 0 Å². The first kappa shape index (κ1) is 10.4. The zero-order chi connectivity index (χ0) is 11.5. The molecular formula is C11H9F2N3. The number of nitrogens with one attached hydrogen (secondary N) is 1. The SMILES string of the molecule is Nc1cc(Nc2cccc(F)c2F)ccn1. The quantitative estimate of drug-likeness (QED) is 0.819. The van der Waals surface area contributed by atoms with Gasteiger partial charge >= 0.3 is 0 Å². The Balaban J connectivity index is 2.31. The van der Waals surface area contributed by atoms with E-state index in [0.29, 0.717) is 11.5 Å². The van der Waals surface area contributed by atoms with Crippen LogP contribution >= 0.6 is 0 Å².